The molecule has 3 heteroatoms. The van der Waals surface area contributed by atoms with Crippen LogP contribution in [0.4, 0.5) is 0 Å². The summed E-state index contributed by atoms with van der Waals surface area (Å²) in [5, 5.41) is 13.5. The van der Waals surface area contributed by atoms with E-state index in [2.05, 4.69) is 90.5 Å². The number of aromatic carboxylic acids is 1. The van der Waals surface area contributed by atoms with E-state index >= 15 is 0 Å². The number of hydrogen-bond donors (Lipinski definition) is 1. The van der Waals surface area contributed by atoms with Crippen molar-refractivity contribution in [2.75, 3.05) is 0 Å². The van der Waals surface area contributed by atoms with E-state index in [1.165, 1.54) is 21.9 Å². The topological polar surface area (TPSA) is 42.2 Å². The number of nitrogens with zero attached hydrogens (tertiary/aromatic N) is 1. The van der Waals surface area contributed by atoms with Gasteiger partial charge in [0.2, 0.25) is 0 Å². The lowest BCUT2D eigenvalue weighted by Crippen LogP contribution is -2.00. The number of aromatic nitrogens is 1. The van der Waals surface area contributed by atoms with Gasteiger partial charge in [-0.2, -0.15) is 0 Å². The van der Waals surface area contributed by atoms with Gasteiger partial charge in [-0.25, -0.2) is 4.79 Å². The van der Waals surface area contributed by atoms with Crippen molar-refractivity contribution in [2.24, 2.45) is 0 Å². The molecule has 3 nitrogen and oxygen atoms in total. The molecule has 0 saturated heterocycles. The average molecular weight is 468 g/mol. The Labute approximate surface area is 209 Å². The van der Waals surface area contributed by atoms with Gasteiger partial charge in [-0.3, -0.25) is 0 Å². The van der Waals surface area contributed by atoms with Gasteiger partial charge < -0.3 is 9.67 Å². The van der Waals surface area contributed by atoms with Crippen LogP contribution in [0.3, 0.4) is 0 Å². The molecule has 0 aliphatic rings. The molecule has 5 aromatic carbocycles. The Kier molecular flexibility index (Phi) is 5.38. The Balaban J connectivity index is 1.64. The van der Waals surface area contributed by atoms with Crippen LogP contribution < -0.4 is 0 Å². The number of carbonyl (C=O) groups is 1. The lowest BCUT2D eigenvalue weighted by Gasteiger charge is -2.12. The number of fused-ring (bicyclic) bond motifs is 2. The van der Waals surface area contributed by atoms with E-state index in [1.54, 1.807) is 12.1 Å². The highest BCUT2D eigenvalue weighted by Crippen LogP contribution is 2.40. The molecule has 6 rings (SSSR count). The van der Waals surface area contributed by atoms with E-state index in [-0.39, 0.29) is 0 Å². The SMILES string of the molecule is Cc1ccccc1-c1cn(Cc2cccc3ccccc23)c2cccc(-c3ccccc3C(=O)O)c12. The van der Waals surface area contributed by atoms with Gasteiger partial charge in [0.15, 0.2) is 0 Å². The third kappa shape index (κ3) is 3.66. The molecule has 174 valence electrons. The lowest BCUT2D eigenvalue weighted by atomic mass is 9.92. The van der Waals surface area contributed by atoms with E-state index in [9.17, 15) is 9.90 Å². The minimum absolute atomic E-state index is 0.308. The molecule has 36 heavy (non-hydrogen) atoms. The van der Waals surface area contributed by atoms with Crippen molar-refractivity contribution in [3.63, 3.8) is 0 Å². The highest BCUT2D eigenvalue weighted by atomic mass is 16.4. The average Bonchev–Trinajstić information content (AvgIpc) is 3.27. The normalized spacial score (nSPS) is 11.2. The van der Waals surface area contributed by atoms with Crippen LogP contribution in [0.1, 0.15) is 21.5 Å². The maximum atomic E-state index is 12.1. The van der Waals surface area contributed by atoms with Gasteiger partial charge in [-0.15, -0.1) is 0 Å². The van der Waals surface area contributed by atoms with Crippen LogP contribution in [0.25, 0.3) is 43.9 Å². The molecular weight excluding hydrogens is 442 g/mol. The first-order valence-electron chi connectivity index (χ1n) is 12.1. The summed E-state index contributed by atoms with van der Waals surface area (Å²) < 4.78 is 2.30. The molecule has 1 N–H and O–H groups in total. The summed E-state index contributed by atoms with van der Waals surface area (Å²) in [5.74, 6) is -0.921. The molecular formula is C33H25NO2. The van der Waals surface area contributed by atoms with E-state index < -0.39 is 5.97 Å². The molecule has 0 atom stereocenters. The van der Waals surface area contributed by atoms with Crippen LogP contribution in [-0.2, 0) is 6.54 Å². The van der Waals surface area contributed by atoms with Crippen molar-refractivity contribution in [2.45, 2.75) is 13.5 Å². The molecule has 0 bridgehead atoms. The summed E-state index contributed by atoms with van der Waals surface area (Å²) in [6.45, 7) is 2.84. The lowest BCUT2D eigenvalue weighted by molar-refractivity contribution is 0.0697. The molecule has 0 radical (unpaired) electrons. The monoisotopic (exact) mass is 467 g/mol. The molecule has 0 unspecified atom stereocenters. The van der Waals surface area contributed by atoms with Gasteiger partial charge in [-0.05, 0) is 57.6 Å². The fourth-order valence-electron chi connectivity index (χ4n) is 5.31. The molecule has 6 aromatic rings. The molecule has 0 fully saturated rings. The fourth-order valence-corrected chi connectivity index (χ4v) is 5.31. The smallest absolute Gasteiger partial charge is 0.336 e. The van der Waals surface area contributed by atoms with Crippen LogP contribution in [0.2, 0.25) is 0 Å². The summed E-state index contributed by atoms with van der Waals surface area (Å²) in [4.78, 5) is 12.1. The van der Waals surface area contributed by atoms with E-state index in [0.717, 1.165) is 33.2 Å². The third-order valence-corrected chi connectivity index (χ3v) is 7.01. The van der Waals surface area contributed by atoms with Gasteiger partial charge in [0.25, 0.3) is 0 Å². The van der Waals surface area contributed by atoms with Crippen molar-refractivity contribution in [1.82, 2.24) is 4.57 Å². The Hall–Kier alpha value is -4.63. The second kappa shape index (κ2) is 8.86. The highest BCUT2D eigenvalue weighted by molar-refractivity contribution is 6.09. The number of carboxylic acids is 1. The fraction of sp³-hybridized carbons (Fsp3) is 0.0606. The minimum atomic E-state index is -0.921. The Bertz CT molecular complexity index is 1750. The third-order valence-electron chi connectivity index (χ3n) is 7.01. The molecule has 0 spiro atoms. The zero-order chi connectivity index (χ0) is 24.6. The number of benzene rings is 5. The van der Waals surface area contributed by atoms with Gasteiger partial charge in [0.1, 0.15) is 0 Å². The largest absolute Gasteiger partial charge is 0.478 e. The zero-order valence-electron chi connectivity index (χ0n) is 20.0. The Morgan fingerprint density at radius 2 is 1.36 bits per heavy atom. The van der Waals surface area contributed by atoms with Crippen molar-refractivity contribution >= 4 is 27.6 Å². The maximum Gasteiger partial charge on any atom is 0.336 e. The van der Waals surface area contributed by atoms with E-state index in [1.807, 2.05) is 24.3 Å². The summed E-state index contributed by atoms with van der Waals surface area (Å²) >= 11 is 0. The van der Waals surface area contributed by atoms with Gasteiger partial charge in [-0.1, -0.05) is 97.1 Å². The van der Waals surface area contributed by atoms with Crippen LogP contribution >= 0.6 is 0 Å². The predicted octanol–water partition coefficient (Wildman–Crippen LogP) is 8.18. The molecule has 0 saturated carbocycles. The van der Waals surface area contributed by atoms with Crippen LogP contribution in [-0.4, -0.2) is 15.6 Å². The quantitative estimate of drug-likeness (QED) is 0.278. The van der Waals surface area contributed by atoms with Crippen molar-refractivity contribution < 1.29 is 9.90 Å². The number of rotatable bonds is 5. The molecule has 0 aliphatic heterocycles. The number of aryl methyl sites for hydroxylation is 1. The Morgan fingerprint density at radius 1 is 0.694 bits per heavy atom. The molecule has 0 aliphatic carbocycles. The van der Waals surface area contributed by atoms with Gasteiger partial charge in [0, 0.05) is 29.2 Å². The van der Waals surface area contributed by atoms with Gasteiger partial charge >= 0.3 is 5.97 Å². The zero-order valence-corrected chi connectivity index (χ0v) is 20.0. The molecule has 0 amide bonds. The van der Waals surface area contributed by atoms with Crippen molar-refractivity contribution in [3.05, 3.63) is 132 Å². The summed E-state index contributed by atoms with van der Waals surface area (Å²) in [7, 11) is 0. The van der Waals surface area contributed by atoms with Crippen molar-refractivity contribution in [1.29, 1.82) is 0 Å². The van der Waals surface area contributed by atoms with E-state index in [4.69, 9.17) is 0 Å². The van der Waals surface area contributed by atoms with Crippen LogP contribution in [0.15, 0.2) is 115 Å². The van der Waals surface area contributed by atoms with Gasteiger partial charge in [0.05, 0.1) is 5.56 Å². The van der Waals surface area contributed by atoms with Crippen molar-refractivity contribution in [3.8, 4) is 22.3 Å². The first-order chi connectivity index (χ1) is 17.6. The van der Waals surface area contributed by atoms with E-state index in [0.29, 0.717) is 12.1 Å². The first-order valence-corrected chi connectivity index (χ1v) is 12.1. The van der Waals surface area contributed by atoms with Crippen LogP contribution in [0, 0.1) is 6.92 Å². The predicted molar refractivity (Wildman–Crippen MR) is 148 cm³/mol. The second-order valence-corrected chi connectivity index (χ2v) is 9.17. The summed E-state index contributed by atoms with van der Waals surface area (Å²) in [6.07, 6.45) is 2.22. The maximum absolute atomic E-state index is 12.1. The first kappa shape index (κ1) is 21.9. The number of carboxylic acid groups (broad SMARTS) is 1. The minimum Gasteiger partial charge on any atom is -0.478 e. The molecule has 1 aromatic heterocycles. The molecule has 1 heterocycles. The standard InChI is InChI=1S/C33H25NO2/c1-22-10-2-4-14-25(22)30-21-34(20-24-13-8-12-23-11-3-5-15-26(23)24)31-19-9-18-28(32(30)31)27-16-6-7-17-29(27)33(35)36/h2-19,21H,20H2,1H3,(H,35,36). The second-order valence-electron chi connectivity index (χ2n) is 9.17. The summed E-state index contributed by atoms with van der Waals surface area (Å²) in [6, 6.07) is 36.7. The number of hydrogen-bond acceptors (Lipinski definition) is 1. The van der Waals surface area contributed by atoms with Crippen LogP contribution in [0.5, 0.6) is 0 Å². The Morgan fingerprint density at radius 3 is 2.19 bits per heavy atom. The summed E-state index contributed by atoms with van der Waals surface area (Å²) in [5.41, 5.74) is 7.74. The highest BCUT2D eigenvalue weighted by Gasteiger charge is 2.19.